The number of furan rings is 1. The molecule has 150 valence electrons. The maximum absolute atomic E-state index is 12.4. The van der Waals surface area contributed by atoms with Crippen molar-refractivity contribution in [3.8, 4) is 5.75 Å². The Kier molecular flexibility index (Phi) is 7.00. The quantitative estimate of drug-likeness (QED) is 0.467. The second-order valence-corrected chi connectivity index (χ2v) is 8.19. The van der Waals surface area contributed by atoms with Crippen molar-refractivity contribution in [2.45, 2.75) is 11.5 Å². The molecule has 6 nitrogen and oxygen atoms in total. The van der Waals surface area contributed by atoms with Crippen LogP contribution in [0.5, 0.6) is 5.75 Å². The summed E-state index contributed by atoms with van der Waals surface area (Å²) in [4.78, 5) is 26.4. The van der Waals surface area contributed by atoms with Crippen LogP contribution < -0.4 is 10.1 Å². The second kappa shape index (κ2) is 9.67. The molecule has 2 amide bonds. The smallest absolute Gasteiger partial charge is 0.291 e. The Balaban J connectivity index is 1.54. The minimum Gasteiger partial charge on any atom is -0.486 e. The molecule has 29 heavy (non-hydrogen) atoms. The highest BCUT2D eigenvalue weighted by Gasteiger charge is 2.13. The van der Waals surface area contributed by atoms with Gasteiger partial charge in [0, 0.05) is 29.2 Å². The Morgan fingerprint density at radius 2 is 1.72 bits per heavy atom. The molecule has 0 spiro atoms. The van der Waals surface area contributed by atoms with E-state index in [0.717, 1.165) is 21.1 Å². The Labute approximate surface area is 181 Å². The third-order valence-electron chi connectivity index (χ3n) is 3.76. The summed E-state index contributed by atoms with van der Waals surface area (Å²) in [5.74, 6) is 1.10. The number of carbonyl (C=O) groups is 2. The zero-order valence-corrected chi connectivity index (χ0v) is 18.2. The Hall–Kier alpha value is -2.71. The van der Waals surface area contributed by atoms with Crippen LogP contribution in [0.4, 0.5) is 10.5 Å². The maximum atomic E-state index is 12.4. The summed E-state index contributed by atoms with van der Waals surface area (Å²) in [5, 5.41) is 2.71. The number of ether oxygens (including phenoxy) is 1. The van der Waals surface area contributed by atoms with E-state index in [1.165, 1.54) is 4.90 Å². The first kappa shape index (κ1) is 21.0. The first-order chi connectivity index (χ1) is 13.9. The second-order valence-electron chi connectivity index (χ2n) is 6.25. The monoisotopic (exact) mass is 474 g/mol. The molecule has 2 aromatic carbocycles. The number of halogens is 1. The van der Waals surface area contributed by atoms with Gasteiger partial charge in [-0.15, -0.1) is 0 Å². The van der Waals surface area contributed by atoms with Crippen LogP contribution in [0.15, 0.2) is 74.4 Å². The number of benzene rings is 2. The van der Waals surface area contributed by atoms with Gasteiger partial charge in [0.15, 0.2) is 5.76 Å². The van der Waals surface area contributed by atoms with E-state index >= 15 is 0 Å². The molecule has 3 rings (SSSR count). The molecule has 1 N–H and O–H groups in total. The van der Waals surface area contributed by atoms with E-state index in [4.69, 9.17) is 9.15 Å². The van der Waals surface area contributed by atoms with Crippen molar-refractivity contribution < 1.29 is 18.7 Å². The molecule has 8 heteroatoms. The number of amides is 2. The lowest BCUT2D eigenvalue weighted by Crippen LogP contribution is -2.16. The molecule has 0 aliphatic rings. The highest BCUT2D eigenvalue weighted by Crippen LogP contribution is 2.23. The van der Waals surface area contributed by atoms with Gasteiger partial charge in [-0.05, 0) is 72.4 Å². The van der Waals surface area contributed by atoms with Crippen LogP contribution in [0.2, 0.25) is 0 Å². The molecule has 0 fully saturated rings. The van der Waals surface area contributed by atoms with E-state index in [1.54, 1.807) is 50.5 Å². The summed E-state index contributed by atoms with van der Waals surface area (Å²) in [6.07, 6.45) is 0. The molecular weight excluding hydrogens is 456 g/mol. The number of nitrogens with zero attached hydrogens (tertiary/aromatic N) is 1. The molecule has 0 unspecified atom stereocenters. The summed E-state index contributed by atoms with van der Waals surface area (Å²) in [6, 6.07) is 17.8. The third-order valence-corrected chi connectivity index (χ3v) is 5.34. The Morgan fingerprint density at radius 1 is 1.03 bits per heavy atom. The minimum absolute atomic E-state index is 0.0599. The van der Waals surface area contributed by atoms with E-state index < -0.39 is 0 Å². The van der Waals surface area contributed by atoms with Crippen LogP contribution in [0.1, 0.15) is 16.3 Å². The van der Waals surface area contributed by atoms with Crippen molar-refractivity contribution in [2.24, 2.45) is 0 Å². The predicted octanol–water partition coefficient (Wildman–Crippen LogP) is 5.65. The van der Waals surface area contributed by atoms with E-state index in [9.17, 15) is 9.59 Å². The lowest BCUT2D eigenvalue weighted by Gasteiger charge is -2.09. The van der Waals surface area contributed by atoms with Crippen LogP contribution in [0.25, 0.3) is 0 Å². The molecule has 0 radical (unpaired) electrons. The average Bonchev–Trinajstić information content (AvgIpc) is 3.18. The molecule has 0 atom stereocenters. The van der Waals surface area contributed by atoms with Crippen LogP contribution in [0, 0.1) is 0 Å². The van der Waals surface area contributed by atoms with Crippen molar-refractivity contribution in [3.05, 3.63) is 76.7 Å². The molecule has 1 heterocycles. The molecule has 0 aliphatic carbocycles. The largest absolute Gasteiger partial charge is 0.486 e. The molecule has 0 bridgehead atoms. The zero-order valence-electron chi connectivity index (χ0n) is 15.8. The number of nitrogens with one attached hydrogen (secondary N) is 1. The first-order valence-electron chi connectivity index (χ1n) is 8.68. The van der Waals surface area contributed by atoms with E-state index in [-0.39, 0.29) is 23.5 Å². The molecule has 0 saturated carbocycles. The van der Waals surface area contributed by atoms with E-state index in [1.807, 2.05) is 24.3 Å². The van der Waals surface area contributed by atoms with Gasteiger partial charge in [-0.2, -0.15) is 0 Å². The van der Waals surface area contributed by atoms with E-state index in [2.05, 4.69) is 21.2 Å². The summed E-state index contributed by atoms with van der Waals surface area (Å²) >= 11 is 4.49. The van der Waals surface area contributed by atoms with Crippen LogP contribution >= 0.6 is 27.7 Å². The van der Waals surface area contributed by atoms with Crippen molar-refractivity contribution in [1.82, 2.24) is 4.90 Å². The highest BCUT2D eigenvalue weighted by atomic mass is 79.9. The van der Waals surface area contributed by atoms with Gasteiger partial charge in [0.1, 0.15) is 18.1 Å². The summed E-state index contributed by atoms with van der Waals surface area (Å²) in [7, 11) is 3.40. The fourth-order valence-electron chi connectivity index (χ4n) is 2.25. The first-order valence-corrected chi connectivity index (χ1v) is 10.3. The summed E-state index contributed by atoms with van der Waals surface area (Å²) < 4.78 is 12.2. The number of anilines is 1. The normalized spacial score (nSPS) is 10.4. The van der Waals surface area contributed by atoms with Gasteiger partial charge in [-0.3, -0.25) is 9.59 Å². The molecule has 1 aromatic heterocycles. The van der Waals surface area contributed by atoms with Gasteiger partial charge in [-0.1, -0.05) is 15.9 Å². The van der Waals surface area contributed by atoms with Gasteiger partial charge in [0.25, 0.3) is 11.1 Å². The van der Waals surface area contributed by atoms with Gasteiger partial charge in [-0.25, -0.2) is 0 Å². The van der Waals surface area contributed by atoms with Crippen LogP contribution in [0.3, 0.4) is 0 Å². The zero-order chi connectivity index (χ0) is 20.8. The standard InChI is InChI=1S/C21H19BrN2O4S/c1-24(2)21(26)29-18-10-5-15(6-11-18)23-20(25)19-12-9-17(28-19)13-27-16-7-3-14(22)4-8-16/h3-12H,13H2,1-2H3,(H,23,25). The van der Waals surface area contributed by atoms with Gasteiger partial charge < -0.3 is 19.4 Å². The van der Waals surface area contributed by atoms with Gasteiger partial charge in [0.2, 0.25) is 0 Å². The Bertz CT molecular complexity index is 985. The van der Waals surface area contributed by atoms with Crippen molar-refractivity contribution >= 4 is 44.5 Å². The lowest BCUT2D eigenvalue weighted by molar-refractivity contribution is 0.0992. The fraction of sp³-hybridized carbons (Fsp3) is 0.143. The SMILES string of the molecule is CN(C)C(=O)Sc1ccc(NC(=O)c2ccc(COc3ccc(Br)cc3)o2)cc1. The van der Waals surface area contributed by atoms with Crippen molar-refractivity contribution in [3.63, 3.8) is 0 Å². The molecule has 0 saturated heterocycles. The van der Waals surface area contributed by atoms with Gasteiger partial charge >= 0.3 is 0 Å². The number of hydrogen-bond acceptors (Lipinski definition) is 5. The summed E-state index contributed by atoms with van der Waals surface area (Å²) in [5.41, 5.74) is 0.612. The fourth-order valence-corrected chi connectivity index (χ4v) is 3.17. The lowest BCUT2D eigenvalue weighted by atomic mass is 10.3. The van der Waals surface area contributed by atoms with Crippen LogP contribution in [-0.4, -0.2) is 30.1 Å². The molecule has 3 aromatic rings. The van der Waals surface area contributed by atoms with Crippen LogP contribution in [-0.2, 0) is 6.61 Å². The number of rotatable bonds is 6. The highest BCUT2D eigenvalue weighted by molar-refractivity contribution is 9.10. The number of thioether (sulfide) groups is 1. The van der Waals surface area contributed by atoms with E-state index in [0.29, 0.717) is 17.2 Å². The minimum atomic E-state index is -0.357. The third kappa shape index (κ3) is 6.13. The molecular formula is C21H19BrN2O4S. The van der Waals surface area contributed by atoms with Gasteiger partial charge in [0.05, 0.1) is 0 Å². The topological polar surface area (TPSA) is 71.8 Å². The number of carbonyl (C=O) groups excluding carboxylic acids is 2. The average molecular weight is 475 g/mol. The van der Waals surface area contributed by atoms with Crippen molar-refractivity contribution in [2.75, 3.05) is 19.4 Å². The Morgan fingerprint density at radius 3 is 2.38 bits per heavy atom. The predicted molar refractivity (Wildman–Crippen MR) is 117 cm³/mol. The summed E-state index contributed by atoms with van der Waals surface area (Å²) in [6.45, 7) is 0.223. The number of hydrogen-bond donors (Lipinski definition) is 1. The molecule has 0 aliphatic heterocycles. The van der Waals surface area contributed by atoms with Crippen molar-refractivity contribution in [1.29, 1.82) is 0 Å². The maximum Gasteiger partial charge on any atom is 0.291 e.